The van der Waals surface area contributed by atoms with Crippen molar-refractivity contribution < 1.29 is 0 Å². The summed E-state index contributed by atoms with van der Waals surface area (Å²) in [6.45, 7) is 2.20. The Morgan fingerprint density at radius 2 is 1.29 bits per heavy atom. The molecule has 0 aliphatic rings. The van der Waals surface area contributed by atoms with Crippen LogP contribution in [-0.4, -0.2) is 4.43 Å². The van der Waals surface area contributed by atoms with Crippen LogP contribution in [0.3, 0.4) is 0 Å². The van der Waals surface area contributed by atoms with Gasteiger partial charge in [0.15, 0.2) is 0 Å². The Hall–Kier alpha value is -0.590. The number of unbranched alkanes of at least 4 members (excludes halogenated alkanes) is 6. The van der Waals surface area contributed by atoms with E-state index in [1.165, 1.54) is 43.0 Å². The third-order valence-electron chi connectivity index (χ3n) is 2.21. The fourth-order valence-electron chi connectivity index (χ4n) is 1.22. The van der Waals surface area contributed by atoms with Gasteiger partial charge < -0.3 is 0 Å². The van der Waals surface area contributed by atoms with Crippen molar-refractivity contribution in [2.45, 2.75) is 58.3 Å². The molecule has 0 aromatic heterocycles. The highest BCUT2D eigenvalue weighted by Gasteiger charge is 1.83. The van der Waals surface area contributed by atoms with E-state index >= 15 is 0 Å². The van der Waals surface area contributed by atoms with E-state index in [9.17, 15) is 0 Å². The van der Waals surface area contributed by atoms with E-state index in [1.54, 1.807) is 0 Å². The minimum atomic E-state index is 0.965. The van der Waals surface area contributed by atoms with Crippen LogP contribution in [0, 0.1) is 35.5 Å². The largest absolute Gasteiger partial charge is 0.0891 e. The van der Waals surface area contributed by atoms with Gasteiger partial charge >= 0.3 is 0 Å². The molecule has 0 aromatic rings. The van der Waals surface area contributed by atoms with Crippen LogP contribution < -0.4 is 0 Å². The first-order valence-electron chi connectivity index (χ1n) is 6.43. The third kappa shape index (κ3) is 15.4. The van der Waals surface area contributed by atoms with Gasteiger partial charge in [0.1, 0.15) is 0 Å². The van der Waals surface area contributed by atoms with Crippen molar-refractivity contribution in [2.75, 3.05) is 4.43 Å². The number of alkyl halides is 1. The number of halogens is 1. The van der Waals surface area contributed by atoms with Gasteiger partial charge in [-0.25, -0.2) is 0 Å². The second-order valence-electron chi connectivity index (χ2n) is 3.81. The lowest BCUT2D eigenvalue weighted by molar-refractivity contribution is 0.737. The molecule has 1 heteroatoms. The van der Waals surface area contributed by atoms with Gasteiger partial charge in [0.05, 0.1) is 0 Å². The van der Waals surface area contributed by atoms with E-state index in [0.29, 0.717) is 0 Å². The summed E-state index contributed by atoms with van der Waals surface area (Å²) in [6.07, 6.45) is 9.41. The quantitative estimate of drug-likeness (QED) is 0.276. The number of hydrogen-bond donors (Lipinski definition) is 0. The highest BCUT2D eigenvalue weighted by Crippen LogP contribution is 2.00. The summed E-state index contributed by atoms with van der Waals surface area (Å²) in [7, 11) is 0. The highest BCUT2D eigenvalue weighted by molar-refractivity contribution is 14.1. The van der Waals surface area contributed by atoms with Gasteiger partial charge in [0.2, 0.25) is 0 Å². The zero-order valence-corrected chi connectivity index (χ0v) is 12.9. The molecule has 0 fully saturated rings. The minimum Gasteiger partial charge on any atom is -0.0891 e. The molecular formula is C16H21I. The fourth-order valence-corrected chi connectivity index (χ4v) is 1.76. The monoisotopic (exact) mass is 340 g/mol. The van der Waals surface area contributed by atoms with Crippen molar-refractivity contribution in [1.82, 2.24) is 0 Å². The van der Waals surface area contributed by atoms with Crippen LogP contribution in [0.4, 0.5) is 0 Å². The van der Waals surface area contributed by atoms with Gasteiger partial charge in [-0.3, -0.25) is 0 Å². The smallest absolute Gasteiger partial charge is 0.00989 e. The first kappa shape index (κ1) is 16.4. The van der Waals surface area contributed by atoms with Crippen molar-refractivity contribution in [3.05, 3.63) is 0 Å². The topological polar surface area (TPSA) is 0 Å². The van der Waals surface area contributed by atoms with Crippen LogP contribution in [0.2, 0.25) is 0 Å². The van der Waals surface area contributed by atoms with E-state index in [0.717, 1.165) is 12.8 Å². The summed E-state index contributed by atoms with van der Waals surface area (Å²) in [6, 6.07) is 0. The van der Waals surface area contributed by atoms with E-state index in [2.05, 4.69) is 65.0 Å². The molecule has 0 aliphatic heterocycles. The molecule has 0 saturated heterocycles. The van der Waals surface area contributed by atoms with Crippen LogP contribution in [0.1, 0.15) is 58.3 Å². The molecule has 0 atom stereocenters. The Labute approximate surface area is 120 Å². The van der Waals surface area contributed by atoms with Gasteiger partial charge in [0, 0.05) is 12.8 Å². The second-order valence-corrected chi connectivity index (χ2v) is 4.89. The average molecular weight is 340 g/mol. The number of rotatable bonds is 7. The van der Waals surface area contributed by atoms with Gasteiger partial charge in [-0.1, -0.05) is 60.6 Å². The van der Waals surface area contributed by atoms with Crippen LogP contribution in [0.5, 0.6) is 0 Å². The molecule has 0 nitrogen and oxygen atoms in total. The van der Waals surface area contributed by atoms with E-state index in [1.807, 2.05) is 0 Å². The third-order valence-corrected chi connectivity index (χ3v) is 2.97. The van der Waals surface area contributed by atoms with Gasteiger partial charge in [0.25, 0.3) is 0 Å². The van der Waals surface area contributed by atoms with Gasteiger partial charge in [-0.05, 0) is 47.4 Å². The zero-order valence-electron chi connectivity index (χ0n) is 10.7. The highest BCUT2D eigenvalue weighted by atomic mass is 127. The summed E-state index contributed by atoms with van der Waals surface area (Å²) >= 11 is 2.41. The van der Waals surface area contributed by atoms with Crippen molar-refractivity contribution in [2.24, 2.45) is 0 Å². The first-order valence-corrected chi connectivity index (χ1v) is 7.96. The SMILES string of the molecule is CCCCCC#CC#CC#CCCCCCI. The molecule has 0 spiro atoms. The Morgan fingerprint density at radius 3 is 1.82 bits per heavy atom. The minimum absolute atomic E-state index is 0.965. The van der Waals surface area contributed by atoms with Crippen LogP contribution in [-0.2, 0) is 0 Å². The molecule has 0 aromatic carbocycles. The zero-order chi connectivity index (χ0) is 12.6. The van der Waals surface area contributed by atoms with Gasteiger partial charge in [-0.2, -0.15) is 0 Å². The van der Waals surface area contributed by atoms with Crippen molar-refractivity contribution in [1.29, 1.82) is 0 Å². The first-order chi connectivity index (χ1) is 8.41. The Morgan fingerprint density at radius 1 is 0.706 bits per heavy atom. The molecule has 0 aliphatic carbocycles. The Balaban J connectivity index is 3.49. The van der Waals surface area contributed by atoms with Crippen LogP contribution >= 0.6 is 22.6 Å². The molecule has 0 saturated carbocycles. The van der Waals surface area contributed by atoms with Gasteiger partial charge in [-0.15, -0.1) is 0 Å². The van der Waals surface area contributed by atoms with Crippen LogP contribution in [0.25, 0.3) is 0 Å². The summed E-state index contributed by atoms with van der Waals surface area (Å²) in [5.74, 6) is 17.4. The van der Waals surface area contributed by atoms with E-state index in [4.69, 9.17) is 0 Å². The fraction of sp³-hybridized carbons (Fsp3) is 0.625. The second kappa shape index (κ2) is 15.4. The molecule has 0 radical (unpaired) electrons. The van der Waals surface area contributed by atoms with Crippen molar-refractivity contribution in [3.8, 4) is 35.5 Å². The molecule has 0 unspecified atom stereocenters. The molecule has 0 heterocycles. The lowest BCUT2D eigenvalue weighted by Crippen LogP contribution is -1.75. The normalized spacial score (nSPS) is 8.12. The molecule has 0 amide bonds. The molecule has 0 N–H and O–H groups in total. The lowest BCUT2D eigenvalue weighted by Gasteiger charge is -1.90. The Kier molecular flexibility index (Phi) is 14.9. The molecule has 17 heavy (non-hydrogen) atoms. The maximum Gasteiger partial charge on any atom is 0.00989 e. The average Bonchev–Trinajstić information content (AvgIpc) is 2.35. The summed E-state index contributed by atoms with van der Waals surface area (Å²) in [5, 5.41) is 0. The molecule has 0 bridgehead atoms. The summed E-state index contributed by atoms with van der Waals surface area (Å²) < 4.78 is 1.25. The van der Waals surface area contributed by atoms with Crippen molar-refractivity contribution in [3.63, 3.8) is 0 Å². The van der Waals surface area contributed by atoms with E-state index in [-0.39, 0.29) is 0 Å². The Bertz CT molecular complexity index is 335. The molecule has 0 rings (SSSR count). The van der Waals surface area contributed by atoms with Crippen LogP contribution in [0.15, 0.2) is 0 Å². The standard InChI is InChI=1S/C16H21I/c1-2-3-4-5-6-7-8-9-10-11-12-13-14-15-16-17/h2-5,12-16H2,1H3. The predicted molar refractivity (Wildman–Crippen MR) is 84.8 cm³/mol. The maximum atomic E-state index is 3.06. The summed E-state index contributed by atoms with van der Waals surface area (Å²) in [4.78, 5) is 0. The molecule has 92 valence electrons. The predicted octanol–water partition coefficient (Wildman–Crippen LogP) is 4.57. The number of hydrogen-bond acceptors (Lipinski definition) is 0. The summed E-state index contributed by atoms with van der Waals surface area (Å²) in [5.41, 5.74) is 0. The lowest BCUT2D eigenvalue weighted by atomic mass is 10.2. The van der Waals surface area contributed by atoms with Crippen molar-refractivity contribution >= 4 is 22.6 Å². The van der Waals surface area contributed by atoms with E-state index < -0.39 is 0 Å². The maximum absolute atomic E-state index is 3.06. The molecular weight excluding hydrogens is 319 g/mol.